The monoisotopic (exact) mass is 385 g/mol. The first kappa shape index (κ1) is 23.6. The fraction of sp³-hybridized carbons (Fsp3) is 1.00. The van der Waals surface area contributed by atoms with Crippen molar-refractivity contribution in [3.05, 3.63) is 0 Å². The van der Waals surface area contributed by atoms with Gasteiger partial charge in [-0.05, 0) is 13.0 Å². The molecule has 1 saturated heterocycles. The summed E-state index contributed by atoms with van der Waals surface area (Å²) in [7, 11) is 0. The van der Waals surface area contributed by atoms with Gasteiger partial charge in [0.1, 0.15) is 42.7 Å². The highest BCUT2D eigenvalue weighted by atomic mass is 16.7. The maximum Gasteiger partial charge on any atom is 0.187 e. The van der Waals surface area contributed by atoms with E-state index in [1.165, 1.54) is 0 Å². The van der Waals surface area contributed by atoms with Crippen LogP contribution in [0.5, 0.6) is 0 Å². The Bertz CT molecular complexity index is 387. The lowest BCUT2D eigenvalue weighted by atomic mass is 9.98. The van der Waals surface area contributed by atoms with Crippen LogP contribution in [0.1, 0.15) is 13.3 Å². The molecule has 0 radical (unpaired) electrons. The SMILES string of the molecule is CCCNC[C@H](O)[C@@H](O)C(O[C@@H]1O[C@H](CO)[C@H](O)[C@H](O)[C@H]1O)[C@H](O)CO. The average molecular weight is 385 g/mol. The van der Waals surface area contributed by atoms with E-state index in [2.05, 4.69) is 5.32 Å². The zero-order chi connectivity index (χ0) is 19.9. The second kappa shape index (κ2) is 11.4. The van der Waals surface area contributed by atoms with Crippen molar-refractivity contribution in [1.82, 2.24) is 5.32 Å². The third-order valence-electron chi connectivity index (χ3n) is 4.22. The Balaban J connectivity index is 2.82. The summed E-state index contributed by atoms with van der Waals surface area (Å²) in [6.45, 7) is 1.00. The molecule has 1 fully saturated rings. The summed E-state index contributed by atoms with van der Waals surface area (Å²) in [6, 6.07) is 0. The van der Waals surface area contributed by atoms with Crippen molar-refractivity contribution in [2.24, 2.45) is 0 Å². The minimum Gasteiger partial charge on any atom is -0.394 e. The van der Waals surface area contributed by atoms with Gasteiger partial charge in [-0.1, -0.05) is 6.92 Å². The van der Waals surface area contributed by atoms with Gasteiger partial charge in [-0.25, -0.2) is 0 Å². The van der Waals surface area contributed by atoms with E-state index in [0.29, 0.717) is 6.54 Å². The van der Waals surface area contributed by atoms with E-state index in [4.69, 9.17) is 14.6 Å². The average Bonchev–Trinajstić information content (AvgIpc) is 2.64. The minimum atomic E-state index is -1.75. The van der Waals surface area contributed by atoms with Crippen molar-refractivity contribution < 1.29 is 50.3 Å². The Labute approximate surface area is 151 Å². The highest BCUT2D eigenvalue weighted by molar-refractivity contribution is 4.91. The van der Waals surface area contributed by atoms with Crippen molar-refractivity contribution in [3.63, 3.8) is 0 Å². The minimum absolute atomic E-state index is 0.0122. The van der Waals surface area contributed by atoms with E-state index in [0.717, 1.165) is 6.42 Å². The Kier molecular flexibility index (Phi) is 10.4. The zero-order valence-corrected chi connectivity index (χ0v) is 14.6. The first-order chi connectivity index (χ1) is 12.3. The Morgan fingerprint density at radius 2 is 1.65 bits per heavy atom. The first-order valence-electron chi connectivity index (χ1n) is 8.60. The number of aliphatic hydroxyl groups excluding tert-OH is 8. The van der Waals surface area contributed by atoms with Crippen LogP contribution >= 0.6 is 0 Å². The van der Waals surface area contributed by atoms with Crippen LogP contribution in [0.4, 0.5) is 0 Å². The molecule has 0 aromatic carbocycles. The molecule has 156 valence electrons. The van der Waals surface area contributed by atoms with E-state index < -0.39 is 68.3 Å². The molecule has 0 saturated carbocycles. The second-order valence-electron chi connectivity index (χ2n) is 6.31. The van der Waals surface area contributed by atoms with Crippen LogP contribution in [0, 0.1) is 0 Å². The van der Waals surface area contributed by atoms with Gasteiger partial charge in [0.05, 0.1) is 19.3 Å². The van der Waals surface area contributed by atoms with Crippen LogP contribution in [0.15, 0.2) is 0 Å². The molecule has 1 rings (SSSR count). The molecule has 0 amide bonds. The number of ether oxygens (including phenoxy) is 2. The molecule has 1 aliphatic heterocycles. The molecule has 0 aliphatic carbocycles. The maximum absolute atomic E-state index is 10.3. The van der Waals surface area contributed by atoms with Crippen molar-refractivity contribution in [2.45, 2.75) is 68.5 Å². The second-order valence-corrected chi connectivity index (χ2v) is 6.31. The number of hydrogen-bond acceptors (Lipinski definition) is 11. The van der Waals surface area contributed by atoms with Crippen molar-refractivity contribution in [2.75, 3.05) is 26.3 Å². The molecule has 11 heteroatoms. The zero-order valence-electron chi connectivity index (χ0n) is 14.6. The Morgan fingerprint density at radius 1 is 1.00 bits per heavy atom. The van der Waals surface area contributed by atoms with Gasteiger partial charge in [-0.15, -0.1) is 0 Å². The molecule has 11 nitrogen and oxygen atoms in total. The summed E-state index contributed by atoms with van der Waals surface area (Å²) in [5.74, 6) is 0. The van der Waals surface area contributed by atoms with Gasteiger partial charge in [0, 0.05) is 6.54 Å². The predicted molar refractivity (Wildman–Crippen MR) is 86.9 cm³/mol. The predicted octanol–water partition coefficient (Wildman–Crippen LogP) is -4.75. The summed E-state index contributed by atoms with van der Waals surface area (Å²) in [5.41, 5.74) is 0. The van der Waals surface area contributed by atoms with E-state index >= 15 is 0 Å². The molecule has 0 bridgehead atoms. The van der Waals surface area contributed by atoms with Gasteiger partial charge in [-0.2, -0.15) is 0 Å². The van der Waals surface area contributed by atoms with E-state index in [1.807, 2.05) is 6.92 Å². The van der Waals surface area contributed by atoms with Crippen LogP contribution in [-0.4, -0.2) is 122 Å². The topological polar surface area (TPSA) is 192 Å². The largest absolute Gasteiger partial charge is 0.394 e. The lowest BCUT2D eigenvalue weighted by molar-refractivity contribution is -0.327. The van der Waals surface area contributed by atoms with Crippen LogP contribution in [0.25, 0.3) is 0 Å². The van der Waals surface area contributed by atoms with Crippen LogP contribution in [0.2, 0.25) is 0 Å². The number of nitrogens with one attached hydrogen (secondary N) is 1. The molecule has 9 atom stereocenters. The van der Waals surface area contributed by atoms with Crippen molar-refractivity contribution in [3.8, 4) is 0 Å². The normalized spacial score (nSPS) is 34.3. The van der Waals surface area contributed by atoms with Crippen molar-refractivity contribution >= 4 is 0 Å². The van der Waals surface area contributed by atoms with Gasteiger partial charge >= 0.3 is 0 Å². The Hall–Kier alpha value is -0.440. The van der Waals surface area contributed by atoms with Crippen LogP contribution in [0.3, 0.4) is 0 Å². The quantitative estimate of drug-likeness (QED) is 0.155. The van der Waals surface area contributed by atoms with E-state index in [9.17, 15) is 35.7 Å². The van der Waals surface area contributed by atoms with Crippen molar-refractivity contribution in [1.29, 1.82) is 0 Å². The van der Waals surface area contributed by atoms with Gasteiger partial charge in [-0.3, -0.25) is 0 Å². The summed E-state index contributed by atoms with van der Waals surface area (Å²) in [5, 5.41) is 80.9. The number of hydrogen-bond donors (Lipinski definition) is 9. The highest BCUT2D eigenvalue weighted by Gasteiger charge is 2.46. The third kappa shape index (κ3) is 6.04. The molecule has 1 aliphatic rings. The summed E-state index contributed by atoms with van der Waals surface area (Å²) in [4.78, 5) is 0. The third-order valence-corrected chi connectivity index (χ3v) is 4.22. The van der Waals surface area contributed by atoms with E-state index in [1.54, 1.807) is 0 Å². The summed E-state index contributed by atoms with van der Waals surface area (Å²) < 4.78 is 10.4. The van der Waals surface area contributed by atoms with Gasteiger partial charge in [0.2, 0.25) is 0 Å². The smallest absolute Gasteiger partial charge is 0.187 e. The molecule has 1 unspecified atom stereocenters. The summed E-state index contributed by atoms with van der Waals surface area (Å²) >= 11 is 0. The fourth-order valence-electron chi connectivity index (χ4n) is 2.60. The van der Waals surface area contributed by atoms with Crippen LogP contribution < -0.4 is 5.32 Å². The molecule has 1 heterocycles. The van der Waals surface area contributed by atoms with Gasteiger partial charge in [0.25, 0.3) is 0 Å². The summed E-state index contributed by atoms with van der Waals surface area (Å²) in [6.07, 6.45) is -13.3. The van der Waals surface area contributed by atoms with Crippen LogP contribution in [-0.2, 0) is 9.47 Å². The first-order valence-corrected chi connectivity index (χ1v) is 8.60. The molecule has 0 aromatic heterocycles. The van der Waals surface area contributed by atoms with Gasteiger partial charge < -0.3 is 55.6 Å². The maximum atomic E-state index is 10.3. The highest BCUT2D eigenvalue weighted by Crippen LogP contribution is 2.24. The fourth-order valence-corrected chi connectivity index (χ4v) is 2.60. The molecule has 0 spiro atoms. The number of aliphatic hydroxyl groups is 8. The molecule has 9 N–H and O–H groups in total. The lowest BCUT2D eigenvalue weighted by Gasteiger charge is -2.42. The number of rotatable bonds is 11. The lowest BCUT2D eigenvalue weighted by Crippen LogP contribution is -2.61. The van der Waals surface area contributed by atoms with E-state index in [-0.39, 0.29) is 6.54 Å². The molecule has 26 heavy (non-hydrogen) atoms. The molecule has 0 aromatic rings. The molecular formula is C15H31NO10. The standard InChI is InChI=1S/C15H31NO10/c1-2-3-16-4-7(19)10(21)14(8(20)5-17)26-15-13(24)12(23)11(22)9(6-18)25-15/h7-24H,2-6H2,1H3/t7-,8+,9+,10+,11-,12-,13+,14?,15-/m0/s1. The molecular weight excluding hydrogens is 354 g/mol. The Morgan fingerprint density at radius 3 is 2.19 bits per heavy atom. The van der Waals surface area contributed by atoms with Gasteiger partial charge in [0.15, 0.2) is 6.29 Å².